The quantitative estimate of drug-likeness (QED) is 0.792. The third-order valence-corrected chi connectivity index (χ3v) is 4.30. The average molecular weight is 369 g/mol. The summed E-state index contributed by atoms with van der Waals surface area (Å²) in [6, 6.07) is 7.50. The molecule has 0 fully saturated rings. The molecular formula is C14H17BrN4OS. The van der Waals surface area contributed by atoms with Gasteiger partial charge in [-0.25, -0.2) is 0 Å². The lowest BCUT2D eigenvalue weighted by Crippen LogP contribution is -2.14. The molecule has 0 bridgehead atoms. The Kier molecular flexibility index (Phi) is 5.81. The molecule has 1 amide bonds. The van der Waals surface area contributed by atoms with E-state index in [2.05, 4.69) is 38.4 Å². The van der Waals surface area contributed by atoms with Crippen molar-refractivity contribution >= 4 is 39.3 Å². The van der Waals surface area contributed by atoms with Gasteiger partial charge in [-0.1, -0.05) is 34.6 Å². The number of anilines is 1. The molecule has 2 rings (SSSR count). The minimum atomic E-state index is -0.0500. The lowest BCUT2D eigenvalue weighted by atomic mass is 10.3. The molecule has 0 atom stereocenters. The van der Waals surface area contributed by atoms with Gasteiger partial charge in [0.05, 0.1) is 5.75 Å². The molecule has 7 heteroatoms. The molecule has 0 aliphatic rings. The number of benzene rings is 1. The van der Waals surface area contributed by atoms with Crippen LogP contribution < -0.4 is 5.32 Å². The summed E-state index contributed by atoms with van der Waals surface area (Å²) in [4.78, 5) is 11.9. The zero-order valence-corrected chi connectivity index (χ0v) is 14.4. The van der Waals surface area contributed by atoms with Gasteiger partial charge in [0.1, 0.15) is 5.82 Å². The Morgan fingerprint density at radius 3 is 2.71 bits per heavy atom. The smallest absolute Gasteiger partial charge is 0.234 e. The molecule has 0 aliphatic carbocycles. The van der Waals surface area contributed by atoms with Crippen LogP contribution in [0.3, 0.4) is 0 Å². The van der Waals surface area contributed by atoms with E-state index in [9.17, 15) is 4.79 Å². The molecule has 112 valence electrons. The summed E-state index contributed by atoms with van der Waals surface area (Å²) in [6.45, 7) is 4.90. The monoisotopic (exact) mass is 368 g/mol. The van der Waals surface area contributed by atoms with E-state index in [0.717, 1.165) is 34.1 Å². The second-order valence-electron chi connectivity index (χ2n) is 4.53. The Hall–Kier alpha value is -1.34. The van der Waals surface area contributed by atoms with Gasteiger partial charge in [0.25, 0.3) is 0 Å². The van der Waals surface area contributed by atoms with E-state index < -0.39 is 0 Å². The van der Waals surface area contributed by atoms with Gasteiger partial charge in [-0.2, -0.15) is 0 Å². The van der Waals surface area contributed by atoms with Crippen LogP contribution in [0.15, 0.2) is 33.9 Å². The summed E-state index contributed by atoms with van der Waals surface area (Å²) in [6.07, 6.45) is 1.01. The molecule has 0 spiro atoms. The number of hydrogen-bond donors (Lipinski definition) is 1. The highest BCUT2D eigenvalue weighted by Crippen LogP contribution is 2.18. The topological polar surface area (TPSA) is 59.8 Å². The van der Waals surface area contributed by atoms with Gasteiger partial charge in [-0.15, -0.1) is 10.2 Å². The fourth-order valence-electron chi connectivity index (χ4n) is 1.81. The summed E-state index contributed by atoms with van der Waals surface area (Å²) < 4.78 is 3.02. The number of thioether (sulfide) groups is 1. The van der Waals surface area contributed by atoms with E-state index in [0.29, 0.717) is 5.75 Å². The number of rotatable bonds is 6. The molecule has 1 aromatic carbocycles. The van der Waals surface area contributed by atoms with Gasteiger partial charge in [0.15, 0.2) is 5.16 Å². The Morgan fingerprint density at radius 1 is 1.33 bits per heavy atom. The number of nitrogens with zero attached hydrogens (tertiary/aromatic N) is 3. The van der Waals surface area contributed by atoms with Gasteiger partial charge in [-0.3, -0.25) is 4.79 Å². The van der Waals surface area contributed by atoms with Crippen LogP contribution in [0.5, 0.6) is 0 Å². The van der Waals surface area contributed by atoms with Gasteiger partial charge < -0.3 is 9.88 Å². The summed E-state index contributed by atoms with van der Waals surface area (Å²) in [5, 5.41) is 11.8. The van der Waals surface area contributed by atoms with Crippen molar-refractivity contribution in [3.8, 4) is 0 Å². The summed E-state index contributed by atoms with van der Waals surface area (Å²) >= 11 is 4.77. The standard InChI is InChI=1S/C14H17BrN4OS/c1-3-8-19-10(2)17-18-14(19)21-9-13(20)16-12-6-4-11(15)5-7-12/h4-7H,3,8-9H2,1-2H3,(H,16,20). The van der Waals surface area contributed by atoms with Crippen LogP contribution in [0, 0.1) is 6.92 Å². The Morgan fingerprint density at radius 2 is 2.05 bits per heavy atom. The van der Waals surface area contributed by atoms with Crippen molar-refractivity contribution in [3.63, 3.8) is 0 Å². The van der Waals surface area contributed by atoms with E-state index in [4.69, 9.17) is 0 Å². The number of hydrogen-bond acceptors (Lipinski definition) is 4. The van der Waals surface area contributed by atoms with Gasteiger partial charge in [0.2, 0.25) is 5.91 Å². The lowest BCUT2D eigenvalue weighted by Gasteiger charge is -2.07. The van der Waals surface area contributed by atoms with Crippen LogP contribution in [0.2, 0.25) is 0 Å². The second-order valence-corrected chi connectivity index (χ2v) is 6.38. The molecular weight excluding hydrogens is 352 g/mol. The van der Waals surface area contributed by atoms with Gasteiger partial charge >= 0.3 is 0 Å². The average Bonchev–Trinajstić information content (AvgIpc) is 2.81. The molecule has 1 heterocycles. The SMILES string of the molecule is CCCn1c(C)nnc1SCC(=O)Nc1ccc(Br)cc1. The molecule has 1 aromatic heterocycles. The second kappa shape index (κ2) is 7.61. The zero-order chi connectivity index (χ0) is 15.2. The van der Waals surface area contributed by atoms with Gasteiger partial charge in [0, 0.05) is 16.7 Å². The Bertz CT molecular complexity index is 612. The number of aryl methyl sites for hydroxylation is 1. The highest BCUT2D eigenvalue weighted by molar-refractivity contribution is 9.10. The highest BCUT2D eigenvalue weighted by atomic mass is 79.9. The maximum absolute atomic E-state index is 11.9. The van der Waals surface area contributed by atoms with E-state index in [1.165, 1.54) is 11.8 Å². The first kappa shape index (κ1) is 16.0. The molecule has 0 saturated heterocycles. The van der Waals surface area contributed by atoms with E-state index in [1.807, 2.05) is 35.8 Å². The number of carbonyl (C=O) groups is 1. The maximum Gasteiger partial charge on any atom is 0.234 e. The van der Waals surface area contributed by atoms with Gasteiger partial charge in [-0.05, 0) is 37.6 Å². The van der Waals surface area contributed by atoms with Crippen molar-refractivity contribution in [2.75, 3.05) is 11.1 Å². The first-order valence-electron chi connectivity index (χ1n) is 6.68. The molecule has 5 nitrogen and oxygen atoms in total. The predicted molar refractivity (Wildman–Crippen MR) is 88.5 cm³/mol. The molecule has 0 aliphatic heterocycles. The van der Waals surface area contributed by atoms with E-state index in [-0.39, 0.29) is 5.91 Å². The van der Waals surface area contributed by atoms with Crippen LogP contribution >= 0.6 is 27.7 Å². The van der Waals surface area contributed by atoms with Crippen LogP contribution in [0.4, 0.5) is 5.69 Å². The largest absolute Gasteiger partial charge is 0.325 e. The third kappa shape index (κ3) is 4.57. The van der Waals surface area contributed by atoms with Crippen molar-refractivity contribution in [2.24, 2.45) is 0 Å². The Labute approximate surface area is 136 Å². The summed E-state index contributed by atoms with van der Waals surface area (Å²) in [5.74, 6) is 1.15. The number of halogens is 1. The Balaban J connectivity index is 1.90. The molecule has 0 saturated carbocycles. The first-order chi connectivity index (χ1) is 10.1. The van der Waals surface area contributed by atoms with Crippen molar-refractivity contribution < 1.29 is 4.79 Å². The summed E-state index contributed by atoms with van der Waals surface area (Å²) in [5.41, 5.74) is 0.787. The van der Waals surface area contributed by atoms with Crippen molar-refractivity contribution in [1.82, 2.24) is 14.8 Å². The van der Waals surface area contributed by atoms with Crippen molar-refractivity contribution in [1.29, 1.82) is 0 Å². The van der Waals surface area contributed by atoms with E-state index in [1.54, 1.807) is 0 Å². The zero-order valence-electron chi connectivity index (χ0n) is 12.0. The van der Waals surface area contributed by atoms with Crippen LogP contribution in [0.25, 0.3) is 0 Å². The predicted octanol–water partition coefficient (Wildman–Crippen LogP) is 3.49. The number of aromatic nitrogens is 3. The fourth-order valence-corrected chi connectivity index (χ4v) is 2.88. The van der Waals surface area contributed by atoms with Crippen LogP contribution in [-0.4, -0.2) is 26.4 Å². The van der Waals surface area contributed by atoms with Crippen LogP contribution in [0.1, 0.15) is 19.2 Å². The van der Waals surface area contributed by atoms with Crippen LogP contribution in [-0.2, 0) is 11.3 Å². The number of nitrogens with one attached hydrogen (secondary N) is 1. The maximum atomic E-state index is 11.9. The molecule has 0 unspecified atom stereocenters. The van der Waals surface area contributed by atoms with Crippen molar-refractivity contribution in [2.45, 2.75) is 32.0 Å². The lowest BCUT2D eigenvalue weighted by molar-refractivity contribution is -0.113. The minimum Gasteiger partial charge on any atom is -0.325 e. The number of carbonyl (C=O) groups excluding carboxylic acids is 1. The number of amides is 1. The summed E-state index contributed by atoms with van der Waals surface area (Å²) in [7, 11) is 0. The molecule has 0 radical (unpaired) electrons. The third-order valence-electron chi connectivity index (χ3n) is 2.81. The highest BCUT2D eigenvalue weighted by Gasteiger charge is 2.11. The first-order valence-corrected chi connectivity index (χ1v) is 8.46. The minimum absolute atomic E-state index is 0.0500. The fraction of sp³-hybridized carbons (Fsp3) is 0.357. The van der Waals surface area contributed by atoms with Crippen molar-refractivity contribution in [3.05, 3.63) is 34.6 Å². The van der Waals surface area contributed by atoms with E-state index >= 15 is 0 Å². The molecule has 1 N–H and O–H groups in total. The normalized spacial score (nSPS) is 10.6. The molecule has 21 heavy (non-hydrogen) atoms. The molecule has 2 aromatic rings.